The van der Waals surface area contributed by atoms with Crippen LogP contribution in [-0.4, -0.2) is 33.6 Å². The lowest BCUT2D eigenvalue weighted by Gasteiger charge is -1.98. The lowest BCUT2D eigenvalue weighted by atomic mass is 10.2. The van der Waals surface area contributed by atoms with E-state index < -0.39 is 11.2 Å². The lowest BCUT2D eigenvalue weighted by molar-refractivity contribution is -0.138. The van der Waals surface area contributed by atoms with E-state index in [-0.39, 0.29) is 12.3 Å². The quantitative estimate of drug-likeness (QED) is 0.562. The van der Waals surface area contributed by atoms with Crippen LogP contribution >= 0.6 is 43.6 Å². The molecule has 1 aliphatic heterocycles. The summed E-state index contributed by atoms with van der Waals surface area (Å²) < 4.78 is 1.80. The molecular weight excluding hydrogens is 426 g/mol. The molecular formula is C12H9Br2N3O3S. The summed E-state index contributed by atoms with van der Waals surface area (Å²) >= 11 is 7.80. The molecule has 2 rings (SSSR count). The number of carboxylic acid groups (broad SMARTS) is 1. The van der Waals surface area contributed by atoms with Gasteiger partial charge in [-0.05, 0) is 23.8 Å². The predicted octanol–water partition coefficient (Wildman–Crippen LogP) is 2.61. The van der Waals surface area contributed by atoms with Gasteiger partial charge < -0.3 is 10.4 Å². The van der Waals surface area contributed by atoms with Crippen LogP contribution in [0.5, 0.6) is 0 Å². The molecule has 0 bridgehead atoms. The second-order valence-electron chi connectivity index (χ2n) is 4.05. The first-order valence-electron chi connectivity index (χ1n) is 5.70. The number of amidine groups is 1. The van der Waals surface area contributed by atoms with Crippen LogP contribution in [0.4, 0.5) is 0 Å². The van der Waals surface area contributed by atoms with Gasteiger partial charge in [0.15, 0.2) is 5.17 Å². The van der Waals surface area contributed by atoms with Crippen molar-refractivity contribution >= 4 is 66.9 Å². The highest BCUT2D eigenvalue weighted by Crippen LogP contribution is 2.22. The number of thioether (sulfide) groups is 1. The van der Waals surface area contributed by atoms with Gasteiger partial charge in [-0.1, -0.05) is 43.6 Å². The third kappa shape index (κ3) is 4.94. The fraction of sp³-hybridized carbons (Fsp3) is 0.167. The highest BCUT2D eigenvalue weighted by atomic mass is 79.9. The van der Waals surface area contributed by atoms with E-state index in [2.05, 4.69) is 47.4 Å². The van der Waals surface area contributed by atoms with Crippen LogP contribution in [0, 0.1) is 0 Å². The summed E-state index contributed by atoms with van der Waals surface area (Å²) in [6.45, 7) is 0. The Morgan fingerprint density at radius 3 is 2.67 bits per heavy atom. The number of carbonyl (C=O) groups is 2. The molecule has 1 unspecified atom stereocenters. The molecule has 110 valence electrons. The Morgan fingerprint density at radius 2 is 2.05 bits per heavy atom. The molecule has 1 atom stereocenters. The first kappa shape index (κ1) is 16.2. The van der Waals surface area contributed by atoms with Crippen molar-refractivity contribution in [3.8, 4) is 0 Å². The Labute approximate surface area is 141 Å². The van der Waals surface area contributed by atoms with Gasteiger partial charge in [0.05, 0.1) is 12.6 Å². The Hall–Kier alpha value is -1.19. The maximum Gasteiger partial charge on any atom is 0.305 e. The summed E-state index contributed by atoms with van der Waals surface area (Å²) in [4.78, 5) is 22.1. The second kappa shape index (κ2) is 7.19. The fourth-order valence-electron chi connectivity index (χ4n) is 1.54. The van der Waals surface area contributed by atoms with E-state index in [1.54, 1.807) is 6.21 Å². The van der Waals surface area contributed by atoms with Crippen molar-refractivity contribution in [3.05, 3.63) is 32.7 Å². The Bertz CT molecular complexity index is 628. The maximum atomic E-state index is 11.5. The number of amides is 1. The minimum absolute atomic E-state index is 0.238. The van der Waals surface area contributed by atoms with Gasteiger partial charge in [0.25, 0.3) is 0 Å². The maximum absolute atomic E-state index is 11.5. The van der Waals surface area contributed by atoms with E-state index in [4.69, 9.17) is 5.11 Å². The monoisotopic (exact) mass is 433 g/mol. The molecule has 0 saturated carbocycles. The summed E-state index contributed by atoms with van der Waals surface area (Å²) in [7, 11) is 0. The molecule has 0 aromatic heterocycles. The third-order valence-electron chi connectivity index (χ3n) is 2.38. The second-order valence-corrected chi connectivity index (χ2v) is 7.07. The van der Waals surface area contributed by atoms with E-state index >= 15 is 0 Å². The van der Waals surface area contributed by atoms with Gasteiger partial charge >= 0.3 is 5.97 Å². The number of benzene rings is 1. The van der Waals surface area contributed by atoms with Crippen LogP contribution in [-0.2, 0) is 9.59 Å². The topological polar surface area (TPSA) is 91.1 Å². The Kier molecular flexibility index (Phi) is 5.54. The van der Waals surface area contributed by atoms with Gasteiger partial charge in [-0.3, -0.25) is 9.59 Å². The minimum Gasteiger partial charge on any atom is -0.481 e. The molecule has 2 N–H and O–H groups in total. The molecule has 0 aliphatic carbocycles. The molecule has 1 aromatic rings. The van der Waals surface area contributed by atoms with Crippen molar-refractivity contribution in [1.82, 2.24) is 5.32 Å². The standard InChI is InChI=1S/C12H9Br2N3O3S/c13-7-1-6(2-8(14)3-7)5-15-17-12-16-11(20)9(21-12)4-10(18)19/h1-3,5,9H,4H2,(H,18,19)(H,16,17,20). The zero-order valence-electron chi connectivity index (χ0n) is 10.4. The Balaban J connectivity index is 2.03. The van der Waals surface area contributed by atoms with Crippen molar-refractivity contribution < 1.29 is 14.7 Å². The number of nitrogens with zero attached hydrogens (tertiary/aromatic N) is 2. The first-order valence-corrected chi connectivity index (χ1v) is 8.17. The summed E-state index contributed by atoms with van der Waals surface area (Å²) in [5, 5.41) is 18.6. The molecule has 1 saturated heterocycles. The van der Waals surface area contributed by atoms with Gasteiger partial charge in [0.1, 0.15) is 5.25 Å². The molecule has 6 nitrogen and oxygen atoms in total. The number of carboxylic acids is 1. The largest absolute Gasteiger partial charge is 0.481 e. The van der Waals surface area contributed by atoms with Crippen molar-refractivity contribution in [1.29, 1.82) is 0 Å². The number of rotatable bonds is 4. The van der Waals surface area contributed by atoms with Crippen LogP contribution in [0.3, 0.4) is 0 Å². The normalized spacial score (nSPS) is 20.2. The van der Waals surface area contributed by atoms with Crippen LogP contribution in [0.25, 0.3) is 0 Å². The molecule has 1 aliphatic rings. The van der Waals surface area contributed by atoms with Crippen molar-refractivity contribution in [3.63, 3.8) is 0 Å². The first-order chi connectivity index (χ1) is 9.94. The minimum atomic E-state index is -1.02. The summed E-state index contributed by atoms with van der Waals surface area (Å²) in [6.07, 6.45) is 1.30. The van der Waals surface area contributed by atoms with Crippen LogP contribution < -0.4 is 5.32 Å². The predicted molar refractivity (Wildman–Crippen MR) is 88.6 cm³/mol. The van der Waals surface area contributed by atoms with E-state index in [1.807, 2.05) is 18.2 Å². The van der Waals surface area contributed by atoms with Crippen LogP contribution in [0.15, 0.2) is 37.3 Å². The number of hydrogen-bond donors (Lipinski definition) is 2. The number of halogens is 2. The molecule has 0 spiro atoms. The van der Waals surface area contributed by atoms with Gasteiger partial charge in [-0.15, -0.1) is 5.10 Å². The molecule has 0 radical (unpaired) electrons. The lowest BCUT2D eigenvalue weighted by Crippen LogP contribution is -2.26. The number of nitrogens with one attached hydrogen (secondary N) is 1. The molecule has 1 amide bonds. The molecule has 9 heteroatoms. The Morgan fingerprint density at radius 1 is 1.38 bits per heavy atom. The average Bonchev–Trinajstić information content (AvgIpc) is 2.68. The van der Waals surface area contributed by atoms with Crippen LogP contribution in [0.1, 0.15) is 12.0 Å². The molecule has 1 aromatic carbocycles. The van der Waals surface area contributed by atoms with Gasteiger partial charge in [0, 0.05) is 8.95 Å². The van der Waals surface area contributed by atoms with Gasteiger partial charge in [-0.2, -0.15) is 5.10 Å². The number of hydrogen-bond acceptors (Lipinski definition) is 5. The third-order valence-corrected chi connectivity index (χ3v) is 4.36. The zero-order valence-corrected chi connectivity index (χ0v) is 14.4. The molecule has 1 fully saturated rings. The van der Waals surface area contributed by atoms with Crippen molar-refractivity contribution in [2.75, 3.05) is 0 Å². The smallest absolute Gasteiger partial charge is 0.305 e. The molecule has 1 heterocycles. The summed E-state index contributed by atoms with van der Waals surface area (Å²) in [6, 6.07) is 5.62. The van der Waals surface area contributed by atoms with Crippen molar-refractivity contribution in [2.24, 2.45) is 10.2 Å². The highest BCUT2D eigenvalue weighted by Gasteiger charge is 2.32. The average molecular weight is 435 g/mol. The van der Waals surface area contributed by atoms with E-state index in [1.165, 1.54) is 0 Å². The molecule has 21 heavy (non-hydrogen) atoms. The van der Waals surface area contributed by atoms with Crippen LogP contribution in [0.2, 0.25) is 0 Å². The van der Waals surface area contributed by atoms with E-state index in [9.17, 15) is 9.59 Å². The summed E-state index contributed by atoms with van der Waals surface area (Å²) in [5.74, 6) is -1.38. The highest BCUT2D eigenvalue weighted by molar-refractivity contribution is 9.11. The summed E-state index contributed by atoms with van der Waals surface area (Å²) in [5.41, 5.74) is 0.831. The van der Waals surface area contributed by atoms with Crippen molar-refractivity contribution in [2.45, 2.75) is 11.7 Å². The number of carbonyl (C=O) groups excluding carboxylic acids is 1. The number of aliphatic carboxylic acids is 1. The zero-order chi connectivity index (χ0) is 15.4. The van der Waals surface area contributed by atoms with Gasteiger partial charge in [-0.25, -0.2) is 0 Å². The van der Waals surface area contributed by atoms with E-state index in [0.717, 1.165) is 26.3 Å². The fourth-order valence-corrected chi connectivity index (χ4v) is 3.79. The van der Waals surface area contributed by atoms with Gasteiger partial charge in [0.2, 0.25) is 5.91 Å². The van der Waals surface area contributed by atoms with E-state index in [0.29, 0.717) is 5.17 Å². The SMILES string of the molecule is O=C(O)CC1SC(=NN=Cc2cc(Br)cc(Br)c2)NC1=O.